The second-order valence-corrected chi connectivity index (χ2v) is 4.85. The number of carbonyl (C=O) groups is 1. The van der Waals surface area contributed by atoms with Crippen LogP contribution in [0.4, 0.5) is 0 Å². The fourth-order valence-corrected chi connectivity index (χ4v) is 2.25. The molecule has 0 saturated heterocycles. The number of benzene rings is 1. The van der Waals surface area contributed by atoms with E-state index in [2.05, 4.69) is 19.1 Å². The average Bonchev–Trinajstić information content (AvgIpc) is 2.81. The van der Waals surface area contributed by atoms with Gasteiger partial charge >= 0.3 is 5.97 Å². The third-order valence-corrected chi connectivity index (χ3v) is 3.37. The molecule has 1 atom stereocenters. The van der Waals surface area contributed by atoms with E-state index in [0.29, 0.717) is 11.6 Å². The summed E-state index contributed by atoms with van der Waals surface area (Å²) in [5, 5.41) is 0. The first kappa shape index (κ1) is 13.4. The van der Waals surface area contributed by atoms with Gasteiger partial charge in [-0.05, 0) is 29.5 Å². The highest BCUT2D eigenvalue weighted by Crippen LogP contribution is 2.22. The molecule has 1 heterocycles. The maximum atomic E-state index is 11.6. The van der Waals surface area contributed by atoms with E-state index in [4.69, 9.17) is 4.74 Å². The third kappa shape index (κ3) is 3.05. The molecule has 1 aromatic heterocycles. The topological polar surface area (TPSA) is 31.2 Å². The molecule has 3 nitrogen and oxygen atoms in total. The van der Waals surface area contributed by atoms with Crippen LogP contribution in [0.1, 0.15) is 34.5 Å². The summed E-state index contributed by atoms with van der Waals surface area (Å²) in [6.45, 7) is 2.17. The first-order valence-corrected chi connectivity index (χ1v) is 6.40. The molecule has 1 aromatic carbocycles. The number of carbonyl (C=O) groups excluding carboxylic acids is 1. The van der Waals surface area contributed by atoms with Gasteiger partial charge in [0.05, 0.1) is 7.11 Å². The van der Waals surface area contributed by atoms with Crippen molar-refractivity contribution >= 4 is 5.97 Å². The van der Waals surface area contributed by atoms with Gasteiger partial charge in [0.1, 0.15) is 5.69 Å². The molecule has 0 aliphatic heterocycles. The number of aryl methyl sites for hydroxylation is 1. The molecular formula is C16H19NO2. The van der Waals surface area contributed by atoms with Crippen LogP contribution in [0.15, 0.2) is 42.6 Å². The van der Waals surface area contributed by atoms with Crippen LogP contribution in [0.2, 0.25) is 0 Å². The first-order chi connectivity index (χ1) is 9.11. The quantitative estimate of drug-likeness (QED) is 0.788. The number of rotatable bonds is 4. The van der Waals surface area contributed by atoms with Crippen molar-refractivity contribution in [2.45, 2.75) is 19.3 Å². The van der Waals surface area contributed by atoms with E-state index >= 15 is 0 Å². The molecule has 3 heteroatoms. The van der Waals surface area contributed by atoms with Crippen molar-refractivity contribution in [3.8, 4) is 0 Å². The maximum absolute atomic E-state index is 11.6. The van der Waals surface area contributed by atoms with Gasteiger partial charge in [-0.15, -0.1) is 0 Å². The van der Waals surface area contributed by atoms with Crippen molar-refractivity contribution in [1.29, 1.82) is 0 Å². The fraction of sp³-hybridized carbons (Fsp3) is 0.312. The number of nitrogens with zero attached hydrogens (tertiary/aromatic N) is 1. The van der Waals surface area contributed by atoms with Crippen molar-refractivity contribution in [3.63, 3.8) is 0 Å². The summed E-state index contributed by atoms with van der Waals surface area (Å²) in [6.07, 6.45) is 2.96. The van der Waals surface area contributed by atoms with E-state index in [9.17, 15) is 4.79 Å². The second kappa shape index (κ2) is 5.74. The van der Waals surface area contributed by atoms with Gasteiger partial charge in [0.15, 0.2) is 0 Å². The molecule has 0 spiro atoms. The molecule has 0 aliphatic carbocycles. The van der Waals surface area contributed by atoms with Crippen molar-refractivity contribution in [2.75, 3.05) is 7.11 Å². The van der Waals surface area contributed by atoms with Crippen molar-refractivity contribution < 1.29 is 9.53 Å². The van der Waals surface area contributed by atoms with Gasteiger partial charge in [-0.3, -0.25) is 0 Å². The minimum absolute atomic E-state index is 0.291. The molecule has 19 heavy (non-hydrogen) atoms. The monoisotopic (exact) mass is 257 g/mol. The van der Waals surface area contributed by atoms with Crippen LogP contribution >= 0.6 is 0 Å². The van der Waals surface area contributed by atoms with Crippen molar-refractivity contribution in [3.05, 3.63) is 59.4 Å². The molecule has 0 amide bonds. The van der Waals surface area contributed by atoms with Crippen molar-refractivity contribution in [2.24, 2.45) is 7.05 Å². The van der Waals surface area contributed by atoms with Gasteiger partial charge in [0, 0.05) is 13.2 Å². The minimum atomic E-state index is -0.291. The summed E-state index contributed by atoms with van der Waals surface area (Å²) in [4.78, 5) is 11.6. The lowest BCUT2D eigenvalue weighted by Gasteiger charge is -2.09. The first-order valence-electron chi connectivity index (χ1n) is 6.40. The standard InChI is InChI=1S/C16H19NO2/c1-12(9-13-7-5-4-6-8-13)14-10-15(16(18)19-3)17(2)11-14/h4-8,10-12H,9H2,1-3H3. The smallest absolute Gasteiger partial charge is 0.354 e. The summed E-state index contributed by atoms with van der Waals surface area (Å²) in [5.74, 6) is 0.0765. The fourth-order valence-electron chi connectivity index (χ4n) is 2.25. The molecule has 0 aliphatic rings. The summed E-state index contributed by atoms with van der Waals surface area (Å²) in [6, 6.07) is 12.3. The number of methoxy groups -OCH3 is 1. The number of ether oxygens (including phenoxy) is 1. The summed E-state index contributed by atoms with van der Waals surface area (Å²) >= 11 is 0. The molecule has 0 N–H and O–H groups in total. The number of esters is 1. The zero-order valence-corrected chi connectivity index (χ0v) is 11.6. The zero-order valence-electron chi connectivity index (χ0n) is 11.6. The Kier molecular flexibility index (Phi) is 4.05. The summed E-state index contributed by atoms with van der Waals surface area (Å²) in [7, 11) is 3.27. The van der Waals surface area contributed by atoms with Gasteiger partial charge in [-0.1, -0.05) is 37.3 Å². The van der Waals surface area contributed by atoms with Gasteiger partial charge in [-0.25, -0.2) is 4.79 Å². The molecule has 0 radical (unpaired) electrons. The molecule has 2 rings (SSSR count). The predicted molar refractivity (Wildman–Crippen MR) is 75.3 cm³/mol. The predicted octanol–water partition coefficient (Wildman–Crippen LogP) is 3.16. The minimum Gasteiger partial charge on any atom is -0.464 e. The maximum Gasteiger partial charge on any atom is 0.354 e. The molecule has 2 aromatic rings. The highest BCUT2D eigenvalue weighted by atomic mass is 16.5. The highest BCUT2D eigenvalue weighted by Gasteiger charge is 2.15. The van der Waals surface area contributed by atoms with E-state index in [1.165, 1.54) is 12.7 Å². The Morgan fingerprint density at radius 2 is 2.00 bits per heavy atom. The molecule has 0 bridgehead atoms. The van der Waals surface area contributed by atoms with E-state index in [-0.39, 0.29) is 5.97 Å². The van der Waals surface area contributed by atoms with Crippen LogP contribution in [-0.2, 0) is 18.2 Å². The molecule has 0 fully saturated rings. The van der Waals surface area contributed by atoms with Crippen LogP contribution in [0.25, 0.3) is 0 Å². The Labute approximate surface area is 113 Å². The molecule has 0 saturated carbocycles. The second-order valence-electron chi connectivity index (χ2n) is 4.85. The Morgan fingerprint density at radius 1 is 1.32 bits per heavy atom. The molecular weight excluding hydrogens is 238 g/mol. The van der Waals surface area contributed by atoms with Gasteiger partial charge in [0.2, 0.25) is 0 Å². The van der Waals surface area contributed by atoms with Crippen LogP contribution in [-0.4, -0.2) is 17.6 Å². The SMILES string of the molecule is COC(=O)c1cc(C(C)Cc2ccccc2)cn1C. The Hall–Kier alpha value is -2.03. The van der Waals surface area contributed by atoms with Crippen molar-refractivity contribution in [1.82, 2.24) is 4.57 Å². The number of hydrogen-bond acceptors (Lipinski definition) is 2. The normalized spacial score (nSPS) is 12.2. The van der Waals surface area contributed by atoms with Gasteiger partial charge < -0.3 is 9.30 Å². The largest absolute Gasteiger partial charge is 0.464 e. The Balaban J connectivity index is 2.16. The van der Waals surface area contributed by atoms with Crippen LogP contribution < -0.4 is 0 Å². The van der Waals surface area contributed by atoms with Crippen LogP contribution in [0.5, 0.6) is 0 Å². The third-order valence-electron chi connectivity index (χ3n) is 3.37. The number of hydrogen-bond donors (Lipinski definition) is 0. The Bertz CT molecular complexity index is 557. The van der Waals surface area contributed by atoms with Gasteiger partial charge in [-0.2, -0.15) is 0 Å². The highest BCUT2D eigenvalue weighted by molar-refractivity contribution is 5.87. The van der Waals surface area contributed by atoms with E-state index < -0.39 is 0 Å². The van der Waals surface area contributed by atoms with Crippen LogP contribution in [0, 0.1) is 0 Å². The summed E-state index contributed by atoms with van der Waals surface area (Å²) < 4.78 is 6.59. The van der Waals surface area contributed by atoms with E-state index in [1.54, 1.807) is 0 Å². The van der Waals surface area contributed by atoms with E-state index in [0.717, 1.165) is 12.0 Å². The number of aromatic nitrogens is 1. The van der Waals surface area contributed by atoms with E-state index in [1.807, 2.05) is 42.1 Å². The Morgan fingerprint density at radius 3 is 2.63 bits per heavy atom. The summed E-state index contributed by atoms with van der Waals surface area (Å²) in [5.41, 5.74) is 3.06. The molecule has 1 unspecified atom stereocenters. The average molecular weight is 257 g/mol. The lowest BCUT2D eigenvalue weighted by atomic mass is 9.96. The lowest BCUT2D eigenvalue weighted by molar-refractivity contribution is 0.0590. The lowest BCUT2D eigenvalue weighted by Crippen LogP contribution is -2.06. The van der Waals surface area contributed by atoms with Gasteiger partial charge in [0.25, 0.3) is 0 Å². The molecule has 100 valence electrons. The zero-order chi connectivity index (χ0) is 13.8. The van der Waals surface area contributed by atoms with Crippen LogP contribution in [0.3, 0.4) is 0 Å².